The summed E-state index contributed by atoms with van der Waals surface area (Å²) in [6, 6.07) is 7.67. The predicted molar refractivity (Wildman–Crippen MR) is 86.3 cm³/mol. The Kier molecular flexibility index (Phi) is 4.49. The Morgan fingerprint density at radius 3 is 2.57 bits per heavy atom. The number of nitrogen functional groups attached to an aromatic ring is 1. The molecule has 0 bridgehead atoms. The minimum Gasteiger partial charge on any atom is -0.380 e. The van der Waals surface area contributed by atoms with E-state index in [1.165, 1.54) is 32.1 Å². The summed E-state index contributed by atoms with van der Waals surface area (Å²) in [6.45, 7) is 0. The van der Waals surface area contributed by atoms with E-state index >= 15 is 0 Å². The molecular formula is C17H21ClN2O. The van der Waals surface area contributed by atoms with Crippen molar-refractivity contribution >= 4 is 17.4 Å². The lowest BCUT2D eigenvalue weighted by molar-refractivity contribution is 0.318. The summed E-state index contributed by atoms with van der Waals surface area (Å²) < 4.78 is 5.46. The fourth-order valence-electron chi connectivity index (χ4n) is 3.25. The van der Waals surface area contributed by atoms with E-state index < -0.39 is 0 Å². The molecule has 0 spiro atoms. The molecule has 21 heavy (non-hydrogen) atoms. The van der Waals surface area contributed by atoms with E-state index in [1.54, 1.807) is 0 Å². The summed E-state index contributed by atoms with van der Waals surface area (Å²) in [4.78, 5) is 0. The van der Waals surface area contributed by atoms with E-state index in [0.717, 1.165) is 40.7 Å². The summed E-state index contributed by atoms with van der Waals surface area (Å²) in [5.41, 5.74) is 7.94. The molecule has 2 N–H and O–H groups in total. The van der Waals surface area contributed by atoms with Crippen LogP contribution in [0.5, 0.6) is 0 Å². The Morgan fingerprint density at radius 1 is 1.14 bits per heavy atom. The molecule has 0 saturated heterocycles. The van der Waals surface area contributed by atoms with Gasteiger partial charge in [0.05, 0.1) is 5.56 Å². The number of nitrogens with zero attached hydrogens (tertiary/aromatic N) is 1. The van der Waals surface area contributed by atoms with Crippen molar-refractivity contribution in [2.45, 2.75) is 44.9 Å². The van der Waals surface area contributed by atoms with Gasteiger partial charge in [0, 0.05) is 11.4 Å². The zero-order valence-corrected chi connectivity index (χ0v) is 12.9. The maximum Gasteiger partial charge on any atom is 0.175 e. The highest BCUT2D eigenvalue weighted by atomic mass is 35.5. The zero-order chi connectivity index (χ0) is 14.7. The Hall–Kier alpha value is -1.48. The second-order valence-electron chi connectivity index (χ2n) is 5.92. The van der Waals surface area contributed by atoms with Crippen molar-refractivity contribution in [1.82, 2.24) is 5.16 Å². The first-order chi connectivity index (χ1) is 10.2. The SMILES string of the molecule is Nc1noc(CCC2CCCCC2)c1-c1ccc(Cl)cc1. The van der Waals surface area contributed by atoms with Crippen molar-refractivity contribution in [3.8, 4) is 11.1 Å². The number of halogens is 1. The van der Waals surface area contributed by atoms with Crippen LogP contribution in [0.1, 0.15) is 44.3 Å². The normalized spacial score (nSPS) is 16.2. The highest BCUT2D eigenvalue weighted by Gasteiger charge is 2.19. The summed E-state index contributed by atoms with van der Waals surface area (Å²) in [5, 5.41) is 4.67. The van der Waals surface area contributed by atoms with Gasteiger partial charge < -0.3 is 10.3 Å². The average molecular weight is 305 g/mol. The number of hydrogen-bond donors (Lipinski definition) is 1. The van der Waals surface area contributed by atoms with Crippen molar-refractivity contribution in [3.05, 3.63) is 35.0 Å². The molecule has 0 amide bonds. The van der Waals surface area contributed by atoms with Crippen molar-refractivity contribution in [3.63, 3.8) is 0 Å². The van der Waals surface area contributed by atoms with Crippen LogP contribution in [-0.2, 0) is 6.42 Å². The second kappa shape index (κ2) is 6.52. The van der Waals surface area contributed by atoms with Gasteiger partial charge in [0.1, 0.15) is 5.76 Å². The topological polar surface area (TPSA) is 52.0 Å². The summed E-state index contributed by atoms with van der Waals surface area (Å²) in [7, 11) is 0. The first-order valence-corrected chi connectivity index (χ1v) is 8.12. The number of anilines is 1. The van der Waals surface area contributed by atoms with E-state index in [9.17, 15) is 0 Å². The van der Waals surface area contributed by atoms with Gasteiger partial charge in [-0.05, 0) is 30.0 Å². The molecule has 0 radical (unpaired) electrons. The van der Waals surface area contributed by atoms with Crippen molar-refractivity contribution in [1.29, 1.82) is 0 Å². The highest BCUT2D eigenvalue weighted by molar-refractivity contribution is 6.30. The molecule has 3 nitrogen and oxygen atoms in total. The molecule has 1 aliphatic rings. The van der Waals surface area contributed by atoms with Gasteiger partial charge in [0.2, 0.25) is 0 Å². The van der Waals surface area contributed by atoms with Crippen LogP contribution in [0.4, 0.5) is 5.82 Å². The lowest BCUT2D eigenvalue weighted by atomic mass is 9.85. The lowest BCUT2D eigenvalue weighted by Crippen LogP contribution is -2.07. The van der Waals surface area contributed by atoms with Gasteiger partial charge in [0.25, 0.3) is 0 Å². The van der Waals surface area contributed by atoms with Crippen LogP contribution in [0.2, 0.25) is 5.02 Å². The minimum absolute atomic E-state index is 0.468. The van der Waals surface area contributed by atoms with Crippen LogP contribution in [-0.4, -0.2) is 5.16 Å². The Morgan fingerprint density at radius 2 is 1.86 bits per heavy atom. The summed E-state index contributed by atoms with van der Waals surface area (Å²) >= 11 is 5.95. The maximum absolute atomic E-state index is 5.98. The molecule has 0 atom stereocenters. The molecule has 1 aromatic heterocycles. The third-order valence-electron chi connectivity index (χ3n) is 4.43. The smallest absolute Gasteiger partial charge is 0.175 e. The molecule has 1 heterocycles. The Bertz CT molecular complexity index is 585. The fraction of sp³-hybridized carbons (Fsp3) is 0.471. The number of rotatable bonds is 4. The van der Waals surface area contributed by atoms with Gasteiger partial charge in [-0.15, -0.1) is 0 Å². The van der Waals surface area contributed by atoms with Crippen molar-refractivity contribution in [2.24, 2.45) is 5.92 Å². The quantitative estimate of drug-likeness (QED) is 0.856. The molecule has 3 rings (SSSR count). The molecule has 1 fully saturated rings. The van der Waals surface area contributed by atoms with Gasteiger partial charge in [-0.3, -0.25) is 0 Å². The second-order valence-corrected chi connectivity index (χ2v) is 6.35. The number of aryl methyl sites for hydroxylation is 1. The van der Waals surface area contributed by atoms with E-state index in [4.69, 9.17) is 21.9 Å². The van der Waals surface area contributed by atoms with Crippen LogP contribution in [0.25, 0.3) is 11.1 Å². The monoisotopic (exact) mass is 304 g/mol. The van der Waals surface area contributed by atoms with Gasteiger partial charge in [0.15, 0.2) is 5.82 Å². The van der Waals surface area contributed by atoms with Gasteiger partial charge >= 0.3 is 0 Å². The summed E-state index contributed by atoms with van der Waals surface area (Å²) in [5.74, 6) is 2.19. The highest BCUT2D eigenvalue weighted by Crippen LogP contribution is 2.33. The van der Waals surface area contributed by atoms with E-state index in [0.29, 0.717) is 5.82 Å². The number of nitrogens with two attached hydrogens (primary N) is 1. The number of hydrogen-bond acceptors (Lipinski definition) is 3. The molecule has 1 saturated carbocycles. The minimum atomic E-state index is 0.468. The molecule has 112 valence electrons. The number of aromatic nitrogens is 1. The largest absolute Gasteiger partial charge is 0.380 e. The average Bonchev–Trinajstić information content (AvgIpc) is 2.88. The van der Waals surface area contributed by atoms with Crippen LogP contribution >= 0.6 is 11.6 Å². The van der Waals surface area contributed by atoms with Crippen LogP contribution < -0.4 is 5.73 Å². The molecule has 0 aliphatic heterocycles. The molecule has 1 aromatic carbocycles. The summed E-state index contributed by atoms with van der Waals surface area (Å²) in [6.07, 6.45) is 8.89. The molecule has 2 aromatic rings. The first-order valence-electron chi connectivity index (χ1n) is 7.74. The van der Waals surface area contributed by atoms with E-state index in [1.807, 2.05) is 24.3 Å². The van der Waals surface area contributed by atoms with Crippen LogP contribution in [0.3, 0.4) is 0 Å². The van der Waals surface area contributed by atoms with Gasteiger partial charge in [-0.1, -0.05) is 61.0 Å². The molecule has 1 aliphatic carbocycles. The van der Waals surface area contributed by atoms with Crippen molar-refractivity contribution in [2.75, 3.05) is 5.73 Å². The standard InChI is InChI=1S/C17H21ClN2O/c18-14-9-7-13(8-10-14)16-15(21-20-17(16)19)11-6-12-4-2-1-3-5-12/h7-10,12H,1-6,11H2,(H2,19,20). The third-order valence-corrected chi connectivity index (χ3v) is 4.68. The van der Waals surface area contributed by atoms with Gasteiger partial charge in [-0.25, -0.2) is 0 Å². The molecule has 4 heteroatoms. The third kappa shape index (κ3) is 3.41. The molecular weight excluding hydrogens is 284 g/mol. The van der Waals surface area contributed by atoms with Crippen molar-refractivity contribution < 1.29 is 4.52 Å². The van der Waals surface area contributed by atoms with Crippen LogP contribution in [0.15, 0.2) is 28.8 Å². The lowest BCUT2D eigenvalue weighted by Gasteiger charge is -2.20. The first kappa shape index (κ1) is 14.5. The zero-order valence-electron chi connectivity index (χ0n) is 12.1. The maximum atomic E-state index is 5.98. The Labute approximate surface area is 130 Å². The molecule has 0 unspecified atom stereocenters. The van der Waals surface area contributed by atoms with E-state index in [2.05, 4.69) is 5.16 Å². The van der Waals surface area contributed by atoms with Gasteiger partial charge in [-0.2, -0.15) is 0 Å². The van der Waals surface area contributed by atoms with Crippen LogP contribution in [0, 0.1) is 5.92 Å². The van der Waals surface area contributed by atoms with E-state index in [-0.39, 0.29) is 0 Å². The Balaban J connectivity index is 1.75. The number of benzene rings is 1. The predicted octanol–water partition coefficient (Wildman–Crippen LogP) is 5.09. The fourth-order valence-corrected chi connectivity index (χ4v) is 3.37.